The molecule has 1 fully saturated rings. The molecule has 1 aromatic carbocycles. The molecule has 1 aliphatic rings. The van der Waals surface area contributed by atoms with E-state index in [2.05, 4.69) is 11.0 Å². The Balaban J connectivity index is 2.14. The van der Waals surface area contributed by atoms with Gasteiger partial charge < -0.3 is 5.73 Å². The first-order valence-electron chi connectivity index (χ1n) is 6.83. The van der Waals surface area contributed by atoms with E-state index in [9.17, 15) is 8.42 Å². The topological polar surface area (TPSA) is 72.2 Å². The fourth-order valence-corrected chi connectivity index (χ4v) is 5.06. The van der Waals surface area contributed by atoms with E-state index in [1.165, 1.54) is 6.42 Å². The average Bonchev–Trinajstić information content (AvgIpc) is 2.37. The van der Waals surface area contributed by atoms with Gasteiger partial charge in [0, 0.05) is 17.0 Å². The standard InChI is InChI=1S/C14H22N2O2S2/c1-10-8-11(15)6-7-14(10)20(17,18)16-12-4-3-5-13(9-12)19-2/h6-8,12-13,16H,3-5,9,15H2,1-2H3. The minimum absolute atomic E-state index is 0.0446. The molecule has 2 rings (SSSR count). The second-order valence-corrected chi connectivity index (χ2v) is 8.19. The normalized spacial score (nSPS) is 23.7. The smallest absolute Gasteiger partial charge is 0.241 e. The Morgan fingerprint density at radius 1 is 1.35 bits per heavy atom. The first kappa shape index (κ1) is 15.7. The van der Waals surface area contributed by atoms with Gasteiger partial charge in [0.05, 0.1) is 4.90 Å². The quantitative estimate of drug-likeness (QED) is 0.838. The summed E-state index contributed by atoms with van der Waals surface area (Å²) in [4.78, 5) is 0.331. The van der Waals surface area contributed by atoms with Gasteiger partial charge in [-0.25, -0.2) is 13.1 Å². The van der Waals surface area contributed by atoms with Crippen molar-refractivity contribution in [2.45, 2.75) is 48.8 Å². The number of aryl methyl sites for hydroxylation is 1. The fraction of sp³-hybridized carbons (Fsp3) is 0.571. The molecule has 20 heavy (non-hydrogen) atoms. The molecule has 0 spiro atoms. The molecule has 0 amide bonds. The van der Waals surface area contributed by atoms with E-state index < -0.39 is 10.0 Å². The van der Waals surface area contributed by atoms with E-state index >= 15 is 0 Å². The molecule has 4 nitrogen and oxygen atoms in total. The Morgan fingerprint density at radius 2 is 2.10 bits per heavy atom. The molecule has 112 valence electrons. The Kier molecular flexibility index (Phi) is 4.99. The summed E-state index contributed by atoms with van der Waals surface area (Å²) in [6.07, 6.45) is 6.18. The van der Waals surface area contributed by atoms with E-state index in [0.29, 0.717) is 21.4 Å². The van der Waals surface area contributed by atoms with Crippen LogP contribution in [0.25, 0.3) is 0 Å². The molecule has 1 saturated carbocycles. The van der Waals surface area contributed by atoms with Crippen LogP contribution in [0.3, 0.4) is 0 Å². The summed E-state index contributed by atoms with van der Waals surface area (Å²) in [6, 6.07) is 4.96. The second kappa shape index (κ2) is 6.37. The van der Waals surface area contributed by atoms with Crippen LogP contribution in [0.1, 0.15) is 31.2 Å². The highest BCUT2D eigenvalue weighted by atomic mass is 32.2. The number of nitrogens with two attached hydrogens (primary N) is 1. The molecule has 0 bridgehead atoms. The third-order valence-electron chi connectivity index (χ3n) is 3.77. The maximum absolute atomic E-state index is 12.5. The number of anilines is 1. The summed E-state index contributed by atoms with van der Waals surface area (Å²) in [6.45, 7) is 1.77. The lowest BCUT2D eigenvalue weighted by Gasteiger charge is -2.28. The van der Waals surface area contributed by atoms with E-state index in [0.717, 1.165) is 19.3 Å². The zero-order chi connectivity index (χ0) is 14.8. The molecule has 3 N–H and O–H groups in total. The first-order valence-corrected chi connectivity index (χ1v) is 9.60. The molecule has 2 atom stereocenters. The predicted molar refractivity (Wildman–Crippen MR) is 85.5 cm³/mol. The van der Waals surface area contributed by atoms with Crippen molar-refractivity contribution in [3.8, 4) is 0 Å². The van der Waals surface area contributed by atoms with Gasteiger partial charge in [-0.15, -0.1) is 0 Å². The zero-order valence-corrected chi connectivity index (χ0v) is 13.6. The Hall–Kier alpha value is -0.720. The third kappa shape index (κ3) is 3.68. The number of rotatable bonds is 4. The van der Waals surface area contributed by atoms with E-state index in [1.807, 2.05) is 11.8 Å². The third-order valence-corrected chi connectivity index (χ3v) is 6.55. The van der Waals surface area contributed by atoms with E-state index in [4.69, 9.17) is 5.73 Å². The molecule has 0 saturated heterocycles. The average molecular weight is 314 g/mol. The monoisotopic (exact) mass is 314 g/mol. The zero-order valence-electron chi connectivity index (χ0n) is 11.9. The Labute approximate surface area is 125 Å². The van der Waals surface area contributed by atoms with Crippen molar-refractivity contribution in [2.75, 3.05) is 12.0 Å². The summed E-state index contributed by atoms with van der Waals surface area (Å²) < 4.78 is 27.8. The van der Waals surface area contributed by atoms with E-state index in [1.54, 1.807) is 25.1 Å². The minimum atomic E-state index is -3.45. The predicted octanol–water partition coefficient (Wildman–Crippen LogP) is 2.53. The van der Waals surface area contributed by atoms with Crippen molar-refractivity contribution in [3.63, 3.8) is 0 Å². The van der Waals surface area contributed by atoms with E-state index in [-0.39, 0.29) is 6.04 Å². The van der Waals surface area contributed by atoms with Crippen molar-refractivity contribution in [1.29, 1.82) is 0 Å². The van der Waals surface area contributed by atoms with Crippen LogP contribution < -0.4 is 10.5 Å². The number of benzene rings is 1. The largest absolute Gasteiger partial charge is 0.399 e. The SMILES string of the molecule is CSC1CCCC(NS(=O)(=O)c2ccc(N)cc2C)C1. The summed E-state index contributed by atoms with van der Waals surface area (Å²) >= 11 is 1.83. The highest BCUT2D eigenvalue weighted by Crippen LogP contribution is 2.28. The van der Waals surface area contributed by atoms with Gasteiger partial charge in [0.2, 0.25) is 10.0 Å². The van der Waals surface area contributed by atoms with Crippen LogP contribution in [-0.2, 0) is 10.0 Å². The van der Waals surface area contributed by atoms with Crippen LogP contribution in [0.5, 0.6) is 0 Å². The summed E-state index contributed by atoms with van der Waals surface area (Å²) in [5, 5.41) is 0.559. The molecule has 2 unspecified atom stereocenters. The van der Waals surface area contributed by atoms with Crippen LogP contribution in [0.15, 0.2) is 23.1 Å². The lowest BCUT2D eigenvalue weighted by Crippen LogP contribution is -2.39. The molecule has 0 aliphatic heterocycles. The number of hydrogen-bond acceptors (Lipinski definition) is 4. The summed E-state index contributed by atoms with van der Waals surface area (Å²) in [5.74, 6) is 0. The van der Waals surface area contributed by atoms with Gasteiger partial charge >= 0.3 is 0 Å². The highest BCUT2D eigenvalue weighted by Gasteiger charge is 2.26. The second-order valence-electron chi connectivity index (χ2n) is 5.37. The number of hydrogen-bond donors (Lipinski definition) is 2. The van der Waals surface area contributed by atoms with Gasteiger partial charge in [0.1, 0.15) is 0 Å². The fourth-order valence-electron chi connectivity index (χ4n) is 2.72. The van der Waals surface area contributed by atoms with Gasteiger partial charge in [-0.3, -0.25) is 0 Å². The summed E-state index contributed by atoms with van der Waals surface area (Å²) in [7, 11) is -3.45. The van der Waals surface area contributed by atoms with Crippen molar-refractivity contribution in [1.82, 2.24) is 4.72 Å². The maximum atomic E-state index is 12.5. The highest BCUT2D eigenvalue weighted by molar-refractivity contribution is 7.99. The first-order chi connectivity index (χ1) is 9.42. The van der Waals surface area contributed by atoms with Crippen LogP contribution >= 0.6 is 11.8 Å². The lowest BCUT2D eigenvalue weighted by molar-refractivity contribution is 0.420. The molecule has 0 radical (unpaired) electrons. The van der Waals surface area contributed by atoms with Crippen LogP contribution in [-0.4, -0.2) is 26.0 Å². The molecule has 0 heterocycles. The molecule has 1 aromatic rings. The van der Waals surface area contributed by atoms with Crippen molar-refractivity contribution >= 4 is 27.5 Å². The van der Waals surface area contributed by atoms with Gasteiger partial charge in [-0.1, -0.05) is 6.42 Å². The van der Waals surface area contributed by atoms with Crippen LogP contribution in [0.2, 0.25) is 0 Å². The summed E-state index contributed by atoms with van der Waals surface area (Å²) in [5.41, 5.74) is 6.95. The van der Waals surface area contributed by atoms with Crippen LogP contribution in [0, 0.1) is 6.92 Å². The number of thioether (sulfide) groups is 1. The van der Waals surface area contributed by atoms with Gasteiger partial charge in [-0.05, 0) is 56.2 Å². The molecule has 0 aromatic heterocycles. The van der Waals surface area contributed by atoms with Gasteiger partial charge in [0.25, 0.3) is 0 Å². The van der Waals surface area contributed by atoms with Crippen molar-refractivity contribution < 1.29 is 8.42 Å². The maximum Gasteiger partial charge on any atom is 0.241 e. The number of sulfonamides is 1. The van der Waals surface area contributed by atoms with Gasteiger partial charge in [0.15, 0.2) is 0 Å². The molecule has 1 aliphatic carbocycles. The molecular weight excluding hydrogens is 292 g/mol. The van der Waals surface area contributed by atoms with Crippen LogP contribution in [0.4, 0.5) is 5.69 Å². The number of nitrogens with one attached hydrogen (secondary N) is 1. The molecular formula is C14H22N2O2S2. The molecule has 6 heteroatoms. The lowest BCUT2D eigenvalue weighted by atomic mass is 9.96. The number of nitrogen functional groups attached to an aromatic ring is 1. The Morgan fingerprint density at radius 3 is 2.75 bits per heavy atom. The Bertz CT molecular complexity index is 573. The minimum Gasteiger partial charge on any atom is -0.399 e. The van der Waals surface area contributed by atoms with Gasteiger partial charge in [-0.2, -0.15) is 11.8 Å². The van der Waals surface area contributed by atoms with Crippen molar-refractivity contribution in [3.05, 3.63) is 23.8 Å². The van der Waals surface area contributed by atoms with Crippen molar-refractivity contribution in [2.24, 2.45) is 0 Å².